The molecule has 2 N–H and O–H groups in total. The van der Waals surface area contributed by atoms with Crippen molar-refractivity contribution in [3.63, 3.8) is 0 Å². The molecule has 4 aromatic rings. The molecule has 5 nitrogen and oxygen atoms in total. The minimum absolute atomic E-state index is 0.331. The van der Waals surface area contributed by atoms with Gasteiger partial charge in [-0.05, 0) is 23.8 Å². The lowest BCUT2D eigenvalue weighted by molar-refractivity contribution is -0.137. The molecule has 0 aliphatic rings. The fourth-order valence-corrected chi connectivity index (χ4v) is 2.44. The van der Waals surface area contributed by atoms with E-state index in [4.69, 9.17) is 0 Å². The van der Waals surface area contributed by atoms with E-state index in [1.165, 1.54) is 12.4 Å². The van der Waals surface area contributed by atoms with Gasteiger partial charge in [0, 0.05) is 22.5 Å². The van der Waals surface area contributed by atoms with E-state index in [0.717, 1.165) is 17.5 Å². The van der Waals surface area contributed by atoms with Crippen LogP contribution in [0.4, 0.5) is 13.2 Å². The normalized spacial score (nSPS) is 12.3. The molecule has 0 fully saturated rings. The Morgan fingerprint density at radius 2 is 1.73 bits per heavy atom. The molecule has 110 valence electrons. The summed E-state index contributed by atoms with van der Waals surface area (Å²) in [5.41, 5.74) is 1.18. The summed E-state index contributed by atoms with van der Waals surface area (Å²) in [6.07, 6.45) is 0.167. The van der Waals surface area contributed by atoms with Gasteiger partial charge in [-0.1, -0.05) is 0 Å². The average molecular weight is 303 g/mol. The van der Waals surface area contributed by atoms with Gasteiger partial charge in [-0.3, -0.25) is 10.2 Å². The molecule has 0 unspecified atom stereocenters. The second kappa shape index (κ2) is 4.30. The first-order valence-corrected chi connectivity index (χ1v) is 6.36. The molecule has 22 heavy (non-hydrogen) atoms. The lowest BCUT2D eigenvalue weighted by Crippen LogP contribution is -2.05. The molecule has 4 rings (SSSR count). The van der Waals surface area contributed by atoms with E-state index in [1.54, 1.807) is 12.3 Å². The number of benzene rings is 1. The van der Waals surface area contributed by atoms with Gasteiger partial charge in [-0.2, -0.15) is 23.4 Å². The van der Waals surface area contributed by atoms with Gasteiger partial charge in [0.2, 0.25) is 0 Å². The molecule has 0 amide bonds. The third-order valence-corrected chi connectivity index (χ3v) is 3.49. The van der Waals surface area contributed by atoms with E-state index < -0.39 is 11.7 Å². The Labute approximate surface area is 121 Å². The average Bonchev–Trinajstić information content (AvgIpc) is 3.13. The van der Waals surface area contributed by atoms with Crippen molar-refractivity contribution >= 4 is 21.9 Å². The summed E-state index contributed by atoms with van der Waals surface area (Å²) < 4.78 is 39.2. The molecular weight excluding hydrogens is 295 g/mol. The van der Waals surface area contributed by atoms with Crippen molar-refractivity contribution in [3.8, 4) is 11.1 Å². The van der Waals surface area contributed by atoms with Crippen LogP contribution in [0.2, 0.25) is 0 Å². The van der Waals surface area contributed by atoms with Crippen molar-refractivity contribution in [3.05, 3.63) is 42.4 Å². The zero-order chi connectivity index (χ0) is 15.3. The molecule has 0 bridgehead atoms. The summed E-state index contributed by atoms with van der Waals surface area (Å²) >= 11 is 0. The highest BCUT2D eigenvalue weighted by Crippen LogP contribution is 2.36. The van der Waals surface area contributed by atoms with E-state index in [0.29, 0.717) is 27.7 Å². The Balaban J connectivity index is 2.01. The van der Waals surface area contributed by atoms with Crippen molar-refractivity contribution in [2.24, 2.45) is 0 Å². The Hall–Kier alpha value is -2.90. The summed E-state index contributed by atoms with van der Waals surface area (Å²) in [6, 6.07) is 3.91. The minimum Gasteiger partial charge on any atom is -0.278 e. The molecule has 0 saturated heterocycles. The van der Waals surface area contributed by atoms with E-state index in [-0.39, 0.29) is 0 Å². The van der Waals surface area contributed by atoms with Gasteiger partial charge in [-0.25, -0.2) is 4.98 Å². The highest BCUT2D eigenvalue weighted by atomic mass is 19.4. The highest BCUT2D eigenvalue weighted by Gasteiger charge is 2.31. The van der Waals surface area contributed by atoms with Crippen LogP contribution < -0.4 is 0 Å². The number of nitrogens with zero attached hydrogens (tertiary/aromatic N) is 3. The number of H-pyrrole nitrogens is 2. The summed E-state index contributed by atoms with van der Waals surface area (Å²) in [5.74, 6) is 0. The molecule has 1 aromatic carbocycles. The first-order chi connectivity index (χ1) is 10.5. The van der Waals surface area contributed by atoms with E-state index >= 15 is 0 Å². The number of rotatable bonds is 1. The van der Waals surface area contributed by atoms with E-state index in [2.05, 4.69) is 25.4 Å². The van der Waals surface area contributed by atoms with Gasteiger partial charge in [0.1, 0.15) is 0 Å². The maximum atomic E-state index is 13.1. The SMILES string of the molecule is FC(F)(F)c1cc(-c2cnc3[nH]ncc3c2)c2cn[nH]c2c1. The van der Waals surface area contributed by atoms with Gasteiger partial charge >= 0.3 is 6.18 Å². The third-order valence-electron chi connectivity index (χ3n) is 3.49. The van der Waals surface area contributed by atoms with Crippen LogP contribution in [-0.2, 0) is 6.18 Å². The van der Waals surface area contributed by atoms with Crippen molar-refractivity contribution in [1.29, 1.82) is 0 Å². The van der Waals surface area contributed by atoms with Gasteiger partial charge in [-0.15, -0.1) is 0 Å². The van der Waals surface area contributed by atoms with Crippen LogP contribution >= 0.6 is 0 Å². The number of hydrogen-bond acceptors (Lipinski definition) is 3. The quantitative estimate of drug-likeness (QED) is 0.565. The van der Waals surface area contributed by atoms with Crippen LogP contribution in [0.15, 0.2) is 36.8 Å². The molecule has 3 aromatic heterocycles. The minimum atomic E-state index is -4.43. The maximum absolute atomic E-state index is 13.1. The number of nitrogens with one attached hydrogen (secondary N) is 2. The fourth-order valence-electron chi connectivity index (χ4n) is 2.44. The second-order valence-corrected chi connectivity index (χ2v) is 4.88. The van der Waals surface area contributed by atoms with Crippen LogP contribution in [0.1, 0.15) is 5.56 Å². The number of fused-ring (bicyclic) bond motifs is 2. The summed E-state index contributed by atoms with van der Waals surface area (Å²) in [4.78, 5) is 4.17. The smallest absolute Gasteiger partial charge is 0.278 e. The summed E-state index contributed by atoms with van der Waals surface area (Å²) in [6.45, 7) is 0. The monoisotopic (exact) mass is 303 g/mol. The first kappa shape index (κ1) is 12.8. The zero-order valence-corrected chi connectivity index (χ0v) is 10.9. The number of alkyl halides is 3. The highest BCUT2D eigenvalue weighted by molar-refractivity contribution is 5.96. The molecule has 0 aliphatic heterocycles. The number of aromatic amines is 2. The summed E-state index contributed by atoms with van der Waals surface area (Å²) in [7, 11) is 0. The molecule has 3 heterocycles. The number of aromatic nitrogens is 5. The lowest BCUT2D eigenvalue weighted by atomic mass is 9.99. The Bertz CT molecular complexity index is 983. The Morgan fingerprint density at radius 1 is 0.909 bits per heavy atom. The number of hydrogen-bond donors (Lipinski definition) is 2. The van der Waals surface area contributed by atoms with Gasteiger partial charge in [0.05, 0.1) is 23.5 Å². The lowest BCUT2D eigenvalue weighted by Gasteiger charge is -2.10. The van der Waals surface area contributed by atoms with Crippen molar-refractivity contribution in [2.45, 2.75) is 6.18 Å². The van der Waals surface area contributed by atoms with Crippen molar-refractivity contribution in [1.82, 2.24) is 25.4 Å². The van der Waals surface area contributed by atoms with Crippen LogP contribution in [0.25, 0.3) is 33.1 Å². The first-order valence-electron chi connectivity index (χ1n) is 6.36. The molecule has 0 saturated carbocycles. The van der Waals surface area contributed by atoms with Crippen LogP contribution in [0.5, 0.6) is 0 Å². The van der Waals surface area contributed by atoms with Gasteiger partial charge in [0.15, 0.2) is 5.65 Å². The molecule has 8 heteroatoms. The van der Waals surface area contributed by atoms with Crippen molar-refractivity contribution < 1.29 is 13.2 Å². The number of halogens is 3. The maximum Gasteiger partial charge on any atom is 0.416 e. The van der Waals surface area contributed by atoms with Crippen LogP contribution in [0, 0.1) is 0 Å². The topological polar surface area (TPSA) is 70.2 Å². The van der Waals surface area contributed by atoms with Gasteiger partial charge < -0.3 is 0 Å². The number of pyridine rings is 1. The fraction of sp³-hybridized carbons (Fsp3) is 0.0714. The third kappa shape index (κ3) is 1.92. The Kier molecular flexibility index (Phi) is 2.50. The molecule has 0 aliphatic carbocycles. The molecule has 0 atom stereocenters. The molecule has 0 radical (unpaired) electrons. The van der Waals surface area contributed by atoms with E-state index in [9.17, 15) is 13.2 Å². The molecular formula is C14H8F3N5. The standard InChI is InChI=1S/C14H8F3N5/c15-14(16,17)9-2-10(11-6-20-21-12(11)3-9)7-1-8-5-19-22-13(8)18-4-7/h1-6H,(H,20,21)(H,18,19,22). The largest absolute Gasteiger partial charge is 0.416 e. The zero-order valence-electron chi connectivity index (χ0n) is 10.9. The van der Waals surface area contributed by atoms with Gasteiger partial charge in [0.25, 0.3) is 0 Å². The summed E-state index contributed by atoms with van der Waals surface area (Å²) in [5, 5.41) is 14.3. The predicted octanol–water partition coefficient (Wildman–Crippen LogP) is 3.52. The Morgan fingerprint density at radius 3 is 2.55 bits per heavy atom. The van der Waals surface area contributed by atoms with Crippen molar-refractivity contribution in [2.75, 3.05) is 0 Å². The second-order valence-electron chi connectivity index (χ2n) is 4.88. The van der Waals surface area contributed by atoms with Crippen LogP contribution in [0.3, 0.4) is 0 Å². The van der Waals surface area contributed by atoms with Crippen LogP contribution in [-0.4, -0.2) is 25.4 Å². The molecule has 0 spiro atoms. The van der Waals surface area contributed by atoms with E-state index in [1.807, 2.05) is 0 Å². The predicted molar refractivity (Wildman–Crippen MR) is 74.0 cm³/mol.